The van der Waals surface area contributed by atoms with Gasteiger partial charge in [0, 0.05) is 11.6 Å². The first kappa shape index (κ1) is 16.2. The first-order valence-electron chi connectivity index (χ1n) is 7.85. The number of anilines is 1. The Morgan fingerprint density at radius 3 is 2.62 bits per heavy atom. The van der Waals surface area contributed by atoms with Crippen molar-refractivity contribution in [2.75, 3.05) is 4.90 Å². The lowest BCUT2D eigenvalue weighted by Gasteiger charge is -2.45. The van der Waals surface area contributed by atoms with Gasteiger partial charge in [-0.05, 0) is 25.7 Å². The van der Waals surface area contributed by atoms with Gasteiger partial charge in [0.25, 0.3) is 5.69 Å². The van der Waals surface area contributed by atoms with Crippen LogP contribution < -0.4 is 16.4 Å². The molecule has 9 nitrogen and oxygen atoms in total. The maximum absolute atomic E-state index is 11.5. The standard InChI is InChI=1S/C15H20N6O3/c16-13-18-14(17)20(15(19-13)7-2-1-3-8-15)12-10(9-22)5-4-6-11(12)21(23)24/h4-6,22H,1-3,7-9H2,(H4,16,17,18,19). The van der Waals surface area contributed by atoms with Gasteiger partial charge >= 0.3 is 0 Å². The number of hydrogen-bond donors (Lipinski definition) is 3. The second kappa shape index (κ2) is 6.08. The van der Waals surface area contributed by atoms with Gasteiger partial charge in [-0.2, -0.15) is 4.99 Å². The van der Waals surface area contributed by atoms with E-state index in [1.807, 2.05) is 0 Å². The van der Waals surface area contributed by atoms with E-state index in [4.69, 9.17) is 11.5 Å². The van der Waals surface area contributed by atoms with Crippen LogP contribution in [0.5, 0.6) is 0 Å². The van der Waals surface area contributed by atoms with Gasteiger partial charge in [0.05, 0.1) is 11.5 Å². The summed E-state index contributed by atoms with van der Waals surface area (Å²) in [5.41, 5.74) is 11.6. The highest BCUT2D eigenvalue weighted by Gasteiger charge is 2.45. The quantitative estimate of drug-likeness (QED) is 0.560. The first-order chi connectivity index (χ1) is 11.5. The fourth-order valence-electron chi connectivity index (χ4n) is 3.56. The topological polar surface area (TPSA) is 143 Å². The largest absolute Gasteiger partial charge is 0.392 e. The molecule has 0 unspecified atom stereocenters. The summed E-state index contributed by atoms with van der Waals surface area (Å²) in [7, 11) is 0. The maximum atomic E-state index is 11.5. The van der Waals surface area contributed by atoms with E-state index in [-0.39, 0.29) is 29.9 Å². The van der Waals surface area contributed by atoms with Crippen molar-refractivity contribution in [2.45, 2.75) is 44.4 Å². The number of benzene rings is 1. The monoisotopic (exact) mass is 332 g/mol. The molecule has 3 rings (SSSR count). The molecule has 0 bridgehead atoms. The third-order valence-electron chi connectivity index (χ3n) is 4.54. The molecule has 1 heterocycles. The van der Waals surface area contributed by atoms with Gasteiger partial charge in [-0.25, -0.2) is 4.99 Å². The lowest BCUT2D eigenvalue weighted by molar-refractivity contribution is -0.384. The average molecular weight is 332 g/mol. The van der Waals surface area contributed by atoms with E-state index in [9.17, 15) is 15.2 Å². The van der Waals surface area contributed by atoms with Gasteiger partial charge in [-0.15, -0.1) is 0 Å². The zero-order valence-corrected chi connectivity index (χ0v) is 13.2. The number of guanidine groups is 2. The second-order valence-corrected chi connectivity index (χ2v) is 6.02. The zero-order valence-electron chi connectivity index (χ0n) is 13.2. The van der Waals surface area contributed by atoms with Crippen molar-refractivity contribution in [1.82, 2.24) is 0 Å². The lowest BCUT2D eigenvalue weighted by atomic mass is 9.86. The summed E-state index contributed by atoms with van der Waals surface area (Å²) in [5, 5.41) is 21.2. The Bertz CT molecular complexity index is 724. The molecule has 1 aromatic carbocycles. The minimum atomic E-state index is -0.788. The molecule has 5 N–H and O–H groups in total. The van der Waals surface area contributed by atoms with Crippen LogP contribution in [0.1, 0.15) is 37.7 Å². The van der Waals surface area contributed by atoms with E-state index in [2.05, 4.69) is 9.98 Å². The van der Waals surface area contributed by atoms with Crippen LogP contribution in [-0.2, 0) is 6.61 Å². The minimum Gasteiger partial charge on any atom is -0.392 e. The van der Waals surface area contributed by atoms with Crippen molar-refractivity contribution in [3.05, 3.63) is 33.9 Å². The molecule has 1 aromatic rings. The van der Waals surface area contributed by atoms with Crippen molar-refractivity contribution in [3.8, 4) is 0 Å². The number of para-hydroxylation sites is 1. The third kappa shape index (κ3) is 2.56. The van der Waals surface area contributed by atoms with Gasteiger partial charge in [0.2, 0.25) is 11.9 Å². The van der Waals surface area contributed by atoms with E-state index in [0.717, 1.165) is 19.3 Å². The number of nitro benzene ring substituents is 1. The summed E-state index contributed by atoms with van der Waals surface area (Å²) in [6, 6.07) is 4.56. The molecule has 1 aliphatic carbocycles. The second-order valence-electron chi connectivity index (χ2n) is 6.02. The van der Waals surface area contributed by atoms with Crippen LogP contribution in [0.2, 0.25) is 0 Å². The van der Waals surface area contributed by atoms with E-state index in [1.165, 1.54) is 12.1 Å². The predicted molar refractivity (Wildman–Crippen MR) is 90.6 cm³/mol. The maximum Gasteiger partial charge on any atom is 0.293 e. The van der Waals surface area contributed by atoms with Crippen molar-refractivity contribution in [1.29, 1.82) is 0 Å². The molecule has 0 aromatic heterocycles. The fourth-order valence-corrected chi connectivity index (χ4v) is 3.56. The summed E-state index contributed by atoms with van der Waals surface area (Å²) in [5.74, 6) is 0.142. The van der Waals surface area contributed by atoms with Crippen LogP contribution >= 0.6 is 0 Å². The summed E-state index contributed by atoms with van der Waals surface area (Å²) in [6.07, 6.45) is 4.22. The predicted octanol–water partition coefficient (Wildman–Crippen LogP) is 1.20. The smallest absolute Gasteiger partial charge is 0.293 e. The first-order valence-corrected chi connectivity index (χ1v) is 7.85. The molecule has 0 atom stereocenters. The normalized spacial score (nSPS) is 19.8. The van der Waals surface area contributed by atoms with Crippen molar-refractivity contribution >= 4 is 23.3 Å². The highest BCUT2D eigenvalue weighted by Crippen LogP contribution is 2.43. The average Bonchev–Trinajstić information content (AvgIpc) is 2.54. The summed E-state index contributed by atoms with van der Waals surface area (Å²) < 4.78 is 0. The number of aliphatic hydroxyl groups is 1. The number of nitrogens with zero attached hydrogens (tertiary/aromatic N) is 4. The molecule has 0 amide bonds. The zero-order chi connectivity index (χ0) is 17.3. The summed E-state index contributed by atoms with van der Waals surface area (Å²) in [4.78, 5) is 21.1. The molecule has 1 saturated carbocycles. The van der Waals surface area contributed by atoms with E-state index in [1.54, 1.807) is 11.0 Å². The molecule has 2 aliphatic rings. The molecule has 1 spiro atoms. The van der Waals surface area contributed by atoms with E-state index < -0.39 is 10.6 Å². The molecular weight excluding hydrogens is 312 g/mol. The highest BCUT2D eigenvalue weighted by molar-refractivity contribution is 6.07. The number of rotatable bonds is 3. The Morgan fingerprint density at radius 2 is 2.00 bits per heavy atom. The van der Waals surface area contributed by atoms with E-state index >= 15 is 0 Å². The van der Waals surface area contributed by atoms with Gasteiger partial charge in [0.1, 0.15) is 11.4 Å². The Balaban J connectivity index is 2.23. The summed E-state index contributed by atoms with van der Waals surface area (Å²) in [6.45, 7) is -0.351. The summed E-state index contributed by atoms with van der Waals surface area (Å²) >= 11 is 0. The van der Waals surface area contributed by atoms with Crippen LogP contribution in [0.4, 0.5) is 11.4 Å². The number of aliphatic hydroxyl groups excluding tert-OH is 1. The Labute approximate surface area is 138 Å². The van der Waals surface area contributed by atoms with Gasteiger partial charge in [0.15, 0.2) is 0 Å². The highest BCUT2D eigenvalue weighted by atomic mass is 16.6. The SMILES string of the molecule is NC1=NC2(CCCCC2)N(c2c(CO)cccc2[N+](=O)[O-])C(N)=N1. The molecule has 128 valence electrons. The molecule has 1 aliphatic heterocycles. The number of nitrogens with two attached hydrogens (primary N) is 2. The van der Waals surface area contributed by atoms with Crippen LogP contribution in [0.15, 0.2) is 28.2 Å². The van der Waals surface area contributed by atoms with Crippen molar-refractivity contribution in [2.24, 2.45) is 21.5 Å². The van der Waals surface area contributed by atoms with Crippen LogP contribution in [-0.4, -0.2) is 27.6 Å². The van der Waals surface area contributed by atoms with Gasteiger partial charge < -0.3 is 16.6 Å². The molecule has 1 fully saturated rings. The molecule has 0 radical (unpaired) electrons. The fraction of sp³-hybridized carbons (Fsp3) is 0.467. The molecular formula is C15H20N6O3. The third-order valence-corrected chi connectivity index (χ3v) is 4.54. The van der Waals surface area contributed by atoms with Crippen LogP contribution in [0.3, 0.4) is 0 Å². The molecule has 24 heavy (non-hydrogen) atoms. The number of aliphatic imine (C=N–C) groups is 2. The van der Waals surface area contributed by atoms with Gasteiger partial charge in [-0.3, -0.25) is 15.0 Å². The molecule has 9 heteroatoms. The van der Waals surface area contributed by atoms with Crippen molar-refractivity contribution < 1.29 is 10.0 Å². The van der Waals surface area contributed by atoms with E-state index in [0.29, 0.717) is 18.4 Å². The Kier molecular flexibility index (Phi) is 4.10. The van der Waals surface area contributed by atoms with Gasteiger partial charge in [-0.1, -0.05) is 18.6 Å². The van der Waals surface area contributed by atoms with Crippen LogP contribution in [0, 0.1) is 10.1 Å². The Morgan fingerprint density at radius 1 is 1.29 bits per heavy atom. The Hall–Kier alpha value is -2.68. The number of hydrogen-bond acceptors (Lipinski definition) is 8. The van der Waals surface area contributed by atoms with Crippen molar-refractivity contribution in [3.63, 3.8) is 0 Å². The van der Waals surface area contributed by atoms with Crippen LogP contribution in [0.25, 0.3) is 0 Å². The number of nitro groups is 1. The molecule has 0 saturated heterocycles. The minimum absolute atomic E-state index is 0.0633. The lowest BCUT2D eigenvalue weighted by Crippen LogP contribution is -2.58.